The molecule has 398 valence electrons. The van der Waals surface area contributed by atoms with Crippen LogP contribution in [0.4, 0.5) is 0 Å². The van der Waals surface area contributed by atoms with Crippen molar-refractivity contribution in [1.82, 2.24) is 0 Å². The lowest BCUT2D eigenvalue weighted by molar-refractivity contribution is -0.167. The van der Waals surface area contributed by atoms with E-state index in [2.05, 4.69) is 93.7 Å². The molecule has 1 unspecified atom stereocenters. The zero-order chi connectivity index (χ0) is 50.0. The first-order valence-electron chi connectivity index (χ1n) is 29.5. The van der Waals surface area contributed by atoms with Crippen molar-refractivity contribution in [3.8, 4) is 0 Å². The van der Waals surface area contributed by atoms with E-state index >= 15 is 0 Å². The van der Waals surface area contributed by atoms with Gasteiger partial charge in [0, 0.05) is 19.3 Å². The summed E-state index contributed by atoms with van der Waals surface area (Å²) in [5.41, 5.74) is 0. The molecule has 0 aliphatic heterocycles. The number of hydrogen-bond acceptors (Lipinski definition) is 6. The van der Waals surface area contributed by atoms with Crippen LogP contribution in [0, 0.1) is 0 Å². The molecule has 0 aromatic carbocycles. The number of rotatable bonds is 53. The number of allylic oxidation sites excluding steroid dienone is 12. The summed E-state index contributed by atoms with van der Waals surface area (Å²) in [6.07, 6.45) is 73.2. The van der Waals surface area contributed by atoms with Gasteiger partial charge in [0.1, 0.15) is 13.2 Å². The standard InChI is InChI=1S/C63H110O6/c1-4-7-10-13-16-19-22-25-27-29-31-33-35-38-41-44-47-50-53-56-62(65)68-59-60(58-67-61(64)55-52-49-46-43-40-37-24-21-18-15-12-9-6-3)69-63(66)57-54-51-48-45-42-39-36-34-32-30-28-26-23-20-17-14-11-8-5-2/h7,10,16-17,19-20,23,25-27,37,40,60H,4-6,8-9,11-15,18,21-22,24,28-36,38-39,41-59H2,1-3H3/b10-7-,19-16-,20-17-,26-23-,27-25-,40-37-. The Morgan fingerprint density at radius 2 is 0.609 bits per heavy atom. The highest BCUT2D eigenvalue weighted by molar-refractivity contribution is 5.71. The van der Waals surface area contributed by atoms with Crippen LogP contribution in [0.25, 0.3) is 0 Å². The van der Waals surface area contributed by atoms with Crippen LogP contribution >= 0.6 is 0 Å². The van der Waals surface area contributed by atoms with Crippen molar-refractivity contribution in [2.24, 2.45) is 0 Å². The van der Waals surface area contributed by atoms with Crippen molar-refractivity contribution < 1.29 is 28.6 Å². The Labute approximate surface area is 427 Å². The van der Waals surface area contributed by atoms with Gasteiger partial charge < -0.3 is 14.2 Å². The van der Waals surface area contributed by atoms with Crippen LogP contribution in [0.5, 0.6) is 0 Å². The molecular formula is C63H110O6. The predicted molar refractivity (Wildman–Crippen MR) is 298 cm³/mol. The molecule has 0 bridgehead atoms. The van der Waals surface area contributed by atoms with Crippen LogP contribution in [-0.2, 0) is 28.6 Å². The second-order valence-corrected chi connectivity index (χ2v) is 19.5. The molecule has 0 amide bonds. The van der Waals surface area contributed by atoms with Gasteiger partial charge in [-0.05, 0) is 103 Å². The van der Waals surface area contributed by atoms with Crippen LogP contribution in [0.15, 0.2) is 72.9 Å². The SMILES string of the molecule is CC/C=C\C/C=C\C/C=C\CCCCCCCCCCCC(=O)OCC(COC(=O)CCCCC/C=C\CCCCCCCC)OC(=O)CCCCCCCCCCCC/C=C\C=C/CCCCC. The van der Waals surface area contributed by atoms with Crippen molar-refractivity contribution in [1.29, 1.82) is 0 Å². The number of unbranched alkanes of at least 4 members (excludes halogenated alkanes) is 31. The maximum absolute atomic E-state index is 12.9. The van der Waals surface area contributed by atoms with Crippen molar-refractivity contribution >= 4 is 17.9 Å². The summed E-state index contributed by atoms with van der Waals surface area (Å²) in [6, 6.07) is 0. The highest BCUT2D eigenvalue weighted by Crippen LogP contribution is 2.16. The molecule has 0 N–H and O–H groups in total. The number of carbonyl (C=O) groups is 3. The molecular weight excluding hydrogens is 853 g/mol. The fraction of sp³-hybridized carbons (Fsp3) is 0.762. The average Bonchev–Trinajstić information content (AvgIpc) is 3.35. The number of hydrogen-bond donors (Lipinski definition) is 0. The Hall–Kier alpha value is -3.15. The molecule has 0 rings (SSSR count). The van der Waals surface area contributed by atoms with E-state index in [1.807, 2.05) is 0 Å². The van der Waals surface area contributed by atoms with Gasteiger partial charge in [0.2, 0.25) is 0 Å². The molecule has 0 heterocycles. The first kappa shape index (κ1) is 65.8. The largest absolute Gasteiger partial charge is 0.462 e. The summed E-state index contributed by atoms with van der Waals surface area (Å²) in [6.45, 7) is 6.50. The van der Waals surface area contributed by atoms with Gasteiger partial charge >= 0.3 is 17.9 Å². The minimum atomic E-state index is -0.786. The summed E-state index contributed by atoms with van der Waals surface area (Å²) in [4.78, 5) is 38.2. The third-order valence-electron chi connectivity index (χ3n) is 12.7. The maximum Gasteiger partial charge on any atom is 0.306 e. The first-order chi connectivity index (χ1) is 34.0. The van der Waals surface area contributed by atoms with E-state index in [0.29, 0.717) is 19.3 Å². The van der Waals surface area contributed by atoms with Crippen molar-refractivity contribution in [3.05, 3.63) is 72.9 Å². The van der Waals surface area contributed by atoms with Crippen LogP contribution in [-0.4, -0.2) is 37.2 Å². The topological polar surface area (TPSA) is 78.9 Å². The fourth-order valence-electron chi connectivity index (χ4n) is 8.27. The molecule has 6 nitrogen and oxygen atoms in total. The van der Waals surface area contributed by atoms with E-state index in [1.54, 1.807) is 0 Å². The van der Waals surface area contributed by atoms with E-state index in [-0.39, 0.29) is 31.1 Å². The Morgan fingerprint density at radius 3 is 1.03 bits per heavy atom. The molecule has 0 aromatic rings. The summed E-state index contributed by atoms with van der Waals surface area (Å²) in [5, 5.41) is 0. The van der Waals surface area contributed by atoms with E-state index in [0.717, 1.165) is 89.9 Å². The molecule has 69 heavy (non-hydrogen) atoms. The van der Waals surface area contributed by atoms with E-state index in [9.17, 15) is 14.4 Å². The molecule has 0 aliphatic rings. The second-order valence-electron chi connectivity index (χ2n) is 19.5. The quantitative estimate of drug-likeness (QED) is 0.0199. The zero-order valence-corrected chi connectivity index (χ0v) is 45.6. The molecule has 0 fully saturated rings. The van der Waals surface area contributed by atoms with E-state index in [4.69, 9.17) is 14.2 Å². The van der Waals surface area contributed by atoms with Crippen LogP contribution in [0.1, 0.15) is 290 Å². The summed E-state index contributed by atoms with van der Waals surface area (Å²) in [7, 11) is 0. The predicted octanol–water partition coefficient (Wildman–Crippen LogP) is 19.8. The molecule has 0 radical (unpaired) electrons. The van der Waals surface area contributed by atoms with Gasteiger partial charge in [-0.3, -0.25) is 14.4 Å². The van der Waals surface area contributed by atoms with Crippen LogP contribution in [0.2, 0.25) is 0 Å². The average molecular weight is 964 g/mol. The number of ether oxygens (including phenoxy) is 3. The maximum atomic E-state index is 12.9. The highest BCUT2D eigenvalue weighted by atomic mass is 16.6. The molecule has 0 spiro atoms. The highest BCUT2D eigenvalue weighted by Gasteiger charge is 2.19. The lowest BCUT2D eigenvalue weighted by Gasteiger charge is -2.18. The van der Waals surface area contributed by atoms with Gasteiger partial charge in [-0.2, -0.15) is 0 Å². The molecule has 6 heteroatoms. The summed E-state index contributed by atoms with van der Waals surface area (Å²) >= 11 is 0. The number of carbonyl (C=O) groups excluding carboxylic acids is 3. The van der Waals surface area contributed by atoms with Gasteiger partial charge in [0.25, 0.3) is 0 Å². The third-order valence-corrected chi connectivity index (χ3v) is 12.7. The normalized spacial score (nSPS) is 12.6. The lowest BCUT2D eigenvalue weighted by atomic mass is 10.1. The third kappa shape index (κ3) is 55.6. The molecule has 0 aromatic heterocycles. The van der Waals surface area contributed by atoms with Gasteiger partial charge in [0.15, 0.2) is 6.10 Å². The monoisotopic (exact) mass is 963 g/mol. The number of esters is 3. The van der Waals surface area contributed by atoms with Gasteiger partial charge in [0.05, 0.1) is 0 Å². The fourth-order valence-corrected chi connectivity index (χ4v) is 8.27. The molecule has 0 aliphatic carbocycles. The second kappa shape index (κ2) is 57.4. The van der Waals surface area contributed by atoms with Crippen molar-refractivity contribution in [2.45, 2.75) is 297 Å². The smallest absolute Gasteiger partial charge is 0.306 e. The minimum Gasteiger partial charge on any atom is -0.462 e. The van der Waals surface area contributed by atoms with Gasteiger partial charge in [-0.15, -0.1) is 0 Å². The van der Waals surface area contributed by atoms with Crippen molar-refractivity contribution in [2.75, 3.05) is 13.2 Å². The van der Waals surface area contributed by atoms with Crippen LogP contribution in [0.3, 0.4) is 0 Å². The summed E-state index contributed by atoms with van der Waals surface area (Å²) < 4.78 is 16.9. The molecule has 0 saturated carbocycles. The van der Waals surface area contributed by atoms with Crippen LogP contribution < -0.4 is 0 Å². The first-order valence-corrected chi connectivity index (χ1v) is 29.5. The molecule has 0 saturated heterocycles. The summed E-state index contributed by atoms with van der Waals surface area (Å²) in [5.74, 6) is -0.899. The Balaban J connectivity index is 4.37. The van der Waals surface area contributed by atoms with Gasteiger partial charge in [-0.1, -0.05) is 241 Å². The molecule has 1 atom stereocenters. The zero-order valence-electron chi connectivity index (χ0n) is 45.6. The van der Waals surface area contributed by atoms with Gasteiger partial charge in [-0.25, -0.2) is 0 Å². The lowest BCUT2D eigenvalue weighted by Crippen LogP contribution is -2.30. The van der Waals surface area contributed by atoms with Crippen molar-refractivity contribution in [3.63, 3.8) is 0 Å². The Bertz CT molecular complexity index is 1290. The van der Waals surface area contributed by atoms with E-state index in [1.165, 1.54) is 161 Å². The minimum absolute atomic E-state index is 0.0834. The Kier molecular flexibility index (Phi) is 54.8. The Morgan fingerprint density at radius 1 is 0.319 bits per heavy atom. The van der Waals surface area contributed by atoms with E-state index < -0.39 is 6.10 Å².